The molecule has 0 spiro atoms. The van der Waals surface area contributed by atoms with Gasteiger partial charge in [-0.3, -0.25) is 0 Å². The standard InChI is InChI=1S/C12H16O2S2/c1-10(4-6-14)15-9-12-7-11(8-16-12)3-2-5-13/h7-8,10,13-14H,4-6,9H2,1H3. The molecule has 0 aliphatic heterocycles. The van der Waals surface area contributed by atoms with Crippen molar-refractivity contribution in [2.75, 3.05) is 13.2 Å². The van der Waals surface area contributed by atoms with Gasteiger partial charge in [-0.2, -0.15) is 11.8 Å². The molecule has 0 fully saturated rings. The molecular weight excluding hydrogens is 240 g/mol. The molecule has 4 heteroatoms. The average molecular weight is 256 g/mol. The zero-order valence-electron chi connectivity index (χ0n) is 9.27. The highest BCUT2D eigenvalue weighted by Gasteiger charge is 2.04. The molecule has 0 saturated carbocycles. The summed E-state index contributed by atoms with van der Waals surface area (Å²) in [5, 5.41) is 19.8. The zero-order valence-corrected chi connectivity index (χ0v) is 10.9. The largest absolute Gasteiger partial charge is 0.396 e. The zero-order chi connectivity index (χ0) is 11.8. The molecule has 0 saturated heterocycles. The lowest BCUT2D eigenvalue weighted by atomic mass is 10.3. The van der Waals surface area contributed by atoms with E-state index in [2.05, 4.69) is 24.8 Å². The number of aliphatic hydroxyl groups is 2. The molecule has 1 aromatic heterocycles. The first-order valence-corrected chi connectivity index (χ1v) is 7.08. The fourth-order valence-electron chi connectivity index (χ4n) is 1.15. The lowest BCUT2D eigenvalue weighted by Gasteiger charge is -2.07. The normalized spacial score (nSPS) is 11.9. The van der Waals surface area contributed by atoms with E-state index in [1.807, 2.05) is 17.1 Å². The van der Waals surface area contributed by atoms with Gasteiger partial charge in [0.2, 0.25) is 0 Å². The minimum Gasteiger partial charge on any atom is -0.396 e. The van der Waals surface area contributed by atoms with Crippen LogP contribution in [0.1, 0.15) is 23.8 Å². The van der Waals surface area contributed by atoms with Gasteiger partial charge >= 0.3 is 0 Å². The summed E-state index contributed by atoms with van der Waals surface area (Å²) >= 11 is 3.54. The molecular formula is C12H16O2S2. The summed E-state index contributed by atoms with van der Waals surface area (Å²) < 4.78 is 0. The molecule has 88 valence electrons. The lowest BCUT2D eigenvalue weighted by molar-refractivity contribution is 0.289. The van der Waals surface area contributed by atoms with Crippen LogP contribution < -0.4 is 0 Å². The minimum atomic E-state index is -0.0898. The summed E-state index contributed by atoms with van der Waals surface area (Å²) in [7, 11) is 0. The first-order valence-electron chi connectivity index (χ1n) is 5.16. The van der Waals surface area contributed by atoms with E-state index in [9.17, 15) is 0 Å². The summed E-state index contributed by atoms with van der Waals surface area (Å²) in [6.07, 6.45) is 0.840. The Kier molecular flexibility index (Phi) is 6.58. The van der Waals surface area contributed by atoms with Gasteiger partial charge in [0.15, 0.2) is 0 Å². The fourth-order valence-corrected chi connectivity index (χ4v) is 3.03. The van der Waals surface area contributed by atoms with Crippen molar-refractivity contribution in [2.24, 2.45) is 0 Å². The topological polar surface area (TPSA) is 40.5 Å². The van der Waals surface area contributed by atoms with Crippen molar-refractivity contribution in [3.05, 3.63) is 21.9 Å². The van der Waals surface area contributed by atoms with E-state index < -0.39 is 0 Å². The molecule has 1 heterocycles. The summed E-state index contributed by atoms with van der Waals surface area (Å²) in [4.78, 5) is 1.29. The van der Waals surface area contributed by atoms with Crippen LogP contribution in [0.3, 0.4) is 0 Å². The predicted octanol–water partition coefficient (Wildman–Crippen LogP) is 2.10. The number of thiophene rings is 1. The molecule has 0 radical (unpaired) electrons. The molecule has 1 unspecified atom stereocenters. The average Bonchev–Trinajstić information content (AvgIpc) is 2.72. The first-order chi connectivity index (χ1) is 7.76. The SMILES string of the molecule is CC(CCO)SCc1cc(C#CCO)cs1. The molecule has 0 aromatic carbocycles. The molecule has 16 heavy (non-hydrogen) atoms. The van der Waals surface area contributed by atoms with E-state index in [0.717, 1.165) is 17.7 Å². The maximum atomic E-state index is 8.78. The second-order valence-corrected chi connectivity index (χ2v) is 5.82. The number of hydrogen-bond donors (Lipinski definition) is 2. The lowest BCUT2D eigenvalue weighted by Crippen LogP contribution is -1.99. The quantitative estimate of drug-likeness (QED) is 0.793. The Balaban J connectivity index is 2.40. The van der Waals surface area contributed by atoms with Crippen LogP contribution in [-0.4, -0.2) is 28.7 Å². The third-order valence-electron chi connectivity index (χ3n) is 2.01. The van der Waals surface area contributed by atoms with Gasteiger partial charge in [0, 0.05) is 33.4 Å². The molecule has 2 N–H and O–H groups in total. The van der Waals surface area contributed by atoms with Gasteiger partial charge in [0.1, 0.15) is 6.61 Å². The third-order valence-corrected chi connectivity index (χ3v) is 4.41. The van der Waals surface area contributed by atoms with Gasteiger partial charge in [-0.1, -0.05) is 18.8 Å². The third kappa shape index (κ3) is 5.04. The van der Waals surface area contributed by atoms with E-state index in [0.29, 0.717) is 5.25 Å². The van der Waals surface area contributed by atoms with E-state index in [-0.39, 0.29) is 13.2 Å². The number of aliphatic hydroxyl groups excluding tert-OH is 2. The van der Waals surface area contributed by atoms with Gasteiger partial charge in [0.25, 0.3) is 0 Å². The van der Waals surface area contributed by atoms with Crippen molar-refractivity contribution in [1.82, 2.24) is 0 Å². The molecule has 1 atom stereocenters. The van der Waals surface area contributed by atoms with Crippen LogP contribution in [0.2, 0.25) is 0 Å². The van der Waals surface area contributed by atoms with Crippen LogP contribution in [0.5, 0.6) is 0 Å². The first kappa shape index (κ1) is 13.6. The molecule has 2 nitrogen and oxygen atoms in total. The van der Waals surface area contributed by atoms with Gasteiger partial charge in [0.05, 0.1) is 0 Å². The van der Waals surface area contributed by atoms with Crippen molar-refractivity contribution < 1.29 is 10.2 Å². The maximum Gasteiger partial charge on any atom is 0.104 e. The smallest absolute Gasteiger partial charge is 0.104 e. The maximum absolute atomic E-state index is 8.78. The monoisotopic (exact) mass is 256 g/mol. The van der Waals surface area contributed by atoms with E-state index in [4.69, 9.17) is 10.2 Å². The van der Waals surface area contributed by atoms with E-state index in [1.165, 1.54) is 4.88 Å². The Morgan fingerprint density at radius 2 is 2.31 bits per heavy atom. The van der Waals surface area contributed by atoms with Gasteiger partial charge in [-0.25, -0.2) is 0 Å². The Morgan fingerprint density at radius 1 is 1.50 bits per heavy atom. The van der Waals surface area contributed by atoms with Crippen LogP contribution in [0.4, 0.5) is 0 Å². The molecule has 0 amide bonds. The summed E-state index contributed by atoms with van der Waals surface area (Å²) in [5.74, 6) is 6.49. The Bertz CT molecular complexity index is 363. The summed E-state index contributed by atoms with van der Waals surface area (Å²) in [5.41, 5.74) is 0.976. The van der Waals surface area contributed by atoms with Crippen molar-refractivity contribution in [3.8, 4) is 11.8 Å². The van der Waals surface area contributed by atoms with Crippen LogP contribution in [0.25, 0.3) is 0 Å². The highest BCUT2D eigenvalue weighted by Crippen LogP contribution is 2.24. The predicted molar refractivity (Wildman–Crippen MR) is 70.7 cm³/mol. The highest BCUT2D eigenvalue weighted by atomic mass is 32.2. The van der Waals surface area contributed by atoms with Crippen molar-refractivity contribution in [1.29, 1.82) is 0 Å². The number of hydrogen-bond acceptors (Lipinski definition) is 4. The second-order valence-electron chi connectivity index (χ2n) is 3.40. The van der Waals surface area contributed by atoms with Gasteiger partial charge in [-0.15, -0.1) is 11.3 Å². The Hall–Kier alpha value is -0.470. The van der Waals surface area contributed by atoms with Crippen molar-refractivity contribution in [2.45, 2.75) is 24.3 Å². The van der Waals surface area contributed by atoms with E-state index in [1.54, 1.807) is 11.3 Å². The molecule has 0 aliphatic rings. The van der Waals surface area contributed by atoms with Crippen LogP contribution >= 0.6 is 23.1 Å². The summed E-state index contributed by atoms with van der Waals surface area (Å²) in [6, 6.07) is 2.06. The minimum absolute atomic E-state index is 0.0898. The van der Waals surface area contributed by atoms with Crippen LogP contribution in [0, 0.1) is 11.8 Å². The number of rotatable bonds is 5. The molecule has 1 aromatic rings. The van der Waals surface area contributed by atoms with Crippen molar-refractivity contribution in [3.63, 3.8) is 0 Å². The molecule has 0 bridgehead atoms. The van der Waals surface area contributed by atoms with Gasteiger partial charge in [-0.05, 0) is 12.5 Å². The van der Waals surface area contributed by atoms with Crippen LogP contribution in [0.15, 0.2) is 11.4 Å². The summed E-state index contributed by atoms with van der Waals surface area (Å²) in [6.45, 7) is 2.29. The Morgan fingerprint density at radius 3 is 3.00 bits per heavy atom. The van der Waals surface area contributed by atoms with Crippen molar-refractivity contribution >= 4 is 23.1 Å². The molecule has 1 rings (SSSR count). The van der Waals surface area contributed by atoms with Crippen LogP contribution in [-0.2, 0) is 5.75 Å². The molecule has 0 aliphatic carbocycles. The fraction of sp³-hybridized carbons (Fsp3) is 0.500. The van der Waals surface area contributed by atoms with Gasteiger partial charge < -0.3 is 10.2 Å². The Labute approximate surface area is 105 Å². The highest BCUT2D eigenvalue weighted by molar-refractivity contribution is 7.99. The second kappa shape index (κ2) is 7.75. The van der Waals surface area contributed by atoms with E-state index >= 15 is 0 Å². The number of thioether (sulfide) groups is 1.